The number of aromatic nitrogens is 1. The topological polar surface area (TPSA) is 84.2 Å². The van der Waals surface area contributed by atoms with Crippen molar-refractivity contribution in [1.29, 1.82) is 0 Å². The summed E-state index contributed by atoms with van der Waals surface area (Å²) < 4.78 is 30.7. The second-order valence-corrected chi connectivity index (χ2v) is 7.66. The molecular weight excluding hydrogens is 314 g/mol. The Labute approximate surface area is 137 Å². The van der Waals surface area contributed by atoms with Crippen molar-refractivity contribution in [1.82, 2.24) is 10.3 Å². The molecule has 2 N–H and O–H groups in total. The molecule has 7 heteroatoms. The molecule has 0 saturated heterocycles. The number of nitrogens with one attached hydrogen (secondary N) is 2. The van der Waals surface area contributed by atoms with Crippen LogP contribution in [0, 0.1) is 0 Å². The minimum Gasteiger partial charge on any atom is -0.444 e. The van der Waals surface area contributed by atoms with Gasteiger partial charge in [-0.15, -0.1) is 0 Å². The van der Waals surface area contributed by atoms with E-state index in [1.807, 2.05) is 25.1 Å². The smallest absolute Gasteiger partial charge is 0.229 e. The first-order chi connectivity index (χ1) is 10.7. The van der Waals surface area contributed by atoms with Crippen LogP contribution < -0.4 is 10.0 Å². The first-order valence-corrected chi connectivity index (χ1v) is 9.39. The summed E-state index contributed by atoms with van der Waals surface area (Å²) in [4.78, 5) is 4.25. The lowest BCUT2D eigenvalue weighted by molar-refractivity contribution is 0.411. The first-order valence-electron chi connectivity index (χ1n) is 7.50. The van der Waals surface area contributed by atoms with E-state index >= 15 is 0 Å². The number of rotatable bonds is 7. The Morgan fingerprint density at radius 3 is 2.61 bits per heavy atom. The highest BCUT2D eigenvalue weighted by Gasteiger charge is 2.11. The van der Waals surface area contributed by atoms with E-state index in [2.05, 4.69) is 28.9 Å². The van der Waals surface area contributed by atoms with Gasteiger partial charge in [0.1, 0.15) is 5.76 Å². The van der Waals surface area contributed by atoms with Crippen molar-refractivity contribution in [3.8, 4) is 0 Å². The average molecular weight is 337 g/mol. The van der Waals surface area contributed by atoms with Crippen molar-refractivity contribution < 1.29 is 12.8 Å². The third-order valence-electron chi connectivity index (χ3n) is 3.39. The number of hydrogen-bond acceptors (Lipinski definition) is 5. The lowest BCUT2D eigenvalue weighted by Gasteiger charge is -2.14. The van der Waals surface area contributed by atoms with Crippen LogP contribution in [-0.2, 0) is 16.6 Å². The molecule has 0 amide bonds. The SMILES string of the molecule is CC(C)c1cnc(CNC(C)c2cccc(NS(C)(=O)=O)c2)o1. The Balaban J connectivity index is 1.99. The molecule has 0 saturated carbocycles. The van der Waals surface area contributed by atoms with E-state index in [0.29, 0.717) is 24.0 Å². The molecule has 0 bridgehead atoms. The van der Waals surface area contributed by atoms with Gasteiger partial charge in [-0.05, 0) is 24.6 Å². The summed E-state index contributed by atoms with van der Waals surface area (Å²) in [6.45, 7) is 6.63. The Kier molecular flexibility index (Phi) is 5.43. The van der Waals surface area contributed by atoms with Crippen molar-refractivity contribution in [3.05, 3.63) is 47.7 Å². The highest BCUT2D eigenvalue weighted by molar-refractivity contribution is 7.92. The second kappa shape index (κ2) is 7.14. The number of anilines is 1. The lowest BCUT2D eigenvalue weighted by atomic mass is 10.1. The maximum Gasteiger partial charge on any atom is 0.229 e. The van der Waals surface area contributed by atoms with E-state index in [-0.39, 0.29) is 6.04 Å². The molecule has 0 fully saturated rings. The molecule has 23 heavy (non-hydrogen) atoms. The lowest BCUT2D eigenvalue weighted by Crippen LogP contribution is -2.18. The van der Waals surface area contributed by atoms with Crippen LogP contribution in [0.2, 0.25) is 0 Å². The molecular formula is C16H23N3O3S. The molecule has 1 heterocycles. The van der Waals surface area contributed by atoms with E-state index in [1.54, 1.807) is 12.3 Å². The molecule has 1 aromatic heterocycles. The predicted octanol–water partition coefficient (Wildman–Crippen LogP) is 3.02. The molecule has 0 spiro atoms. The Morgan fingerprint density at radius 1 is 1.26 bits per heavy atom. The van der Waals surface area contributed by atoms with Crippen molar-refractivity contribution in [3.63, 3.8) is 0 Å². The zero-order valence-corrected chi connectivity index (χ0v) is 14.6. The summed E-state index contributed by atoms with van der Waals surface area (Å²) in [5, 5.41) is 3.32. The fraction of sp³-hybridized carbons (Fsp3) is 0.438. The summed E-state index contributed by atoms with van der Waals surface area (Å²) in [6, 6.07) is 7.34. The maximum absolute atomic E-state index is 11.3. The van der Waals surface area contributed by atoms with Gasteiger partial charge in [-0.3, -0.25) is 4.72 Å². The third-order valence-corrected chi connectivity index (χ3v) is 4.00. The molecule has 2 rings (SSSR count). The zero-order valence-electron chi connectivity index (χ0n) is 13.8. The number of hydrogen-bond donors (Lipinski definition) is 2. The van der Waals surface area contributed by atoms with Gasteiger partial charge in [0.2, 0.25) is 15.9 Å². The van der Waals surface area contributed by atoms with Gasteiger partial charge in [0.05, 0.1) is 19.0 Å². The maximum atomic E-state index is 11.3. The molecule has 1 unspecified atom stereocenters. The summed E-state index contributed by atoms with van der Waals surface area (Å²) in [6.07, 6.45) is 2.89. The molecule has 126 valence electrons. The van der Waals surface area contributed by atoms with E-state index in [9.17, 15) is 8.42 Å². The standard InChI is InChI=1S/C16H23N3O3S/c1-11(2)15-9-18-16(22-15)10-17-12(3)13-6-5-7-14(8-13)19-23(4,20)21/h5-9,11-12,17,19H,10H2,1-4H3. The quantitative estimate of drug-likeness (QED) is 0.811. The Hall–Kier alpha value is -1.86. The van der Waals surface area contributed by atoms with Crippen molar-refractivity contribution >= 4 is 15.7 Å². The molecule has 1 atom stereocenters. The van der Waals surface area contributed by atoms with Crippen LogP contribution in [0.15, 0.2) is 34.9 Å². The van der Waals surface area contributed by atoms with E-state index in [1.165, 1.54) is 0 Å². The summed E-state index contributed by atoms with van der Waals surface area (Å²) in [5.74, 6) is 1.83. The Bertz CT molecular complexity index is 753. The second-order valence-electron chi connectivity index (χ2n) is 5.91. The van der Waals surface area contributed by atoms with E-state index < -0.39 is 10.0 Å². The van der Waals surface area contributed by atoms with Crippen molar-refractivity contribution in [2.75, 3.05) is 11.0 Å². The summed E-state index contributed by atoms with van der Waals surface area (Å²) in [5.41, 5.74) is 1.53. The van der Waals surface area contributed by atoms with Gasteiger partial charge in [-0.25, -0.2) is 13.4 Å². The van der Waals surface area contributed by atoms with Crippen LogP contribution >= 0.6 is 0 Å². The van der Waals surface area contributed by atoms with E-state index in [0.717, 1.165) is 17.6 Å². The van der Waals surface area contributed by atoms with Crippen LogP contribution in [-0.4, -0.2) is 19.7 Å². The van der Waals surface area contributed by atoms with Gasteiger partial charge in [0, 0.05) is 17.6 Å². The summed E-state index contributed by atoms with van der Waals surface area (Å²) >= 11 is 0. The number of oxazole rings is 1. The van der Waals surface area contributed by atoms with Crippen LogP contribution in [0.25, 0.3) is 0 Å². The molecule has 2 aromatic rings. The number of nitrogens with zero attached hydrogens (tertiary/aromatic N) is 1. The van der Waals surface area contributed by atoms with Gasteiger partial charge < -0.3 is 9.73 Å². The predicted molar refractivity (Wildman–Crippen MR) is 90.8 cm³/mol. The van der Waals surface area contributed by atoms with Crippen LogP contribution in [0.5, 0.6) is 0 Å². The van der Waals surface area contributed by atoms with Gasteiger partial charge in [-0.1, -0.05) is 26.0 Å². The molecule has 6 nitrogen and oxygen atoms in total. The minimum absolute atomic E-state index is 0.0331. The minimum atomic E-state index is -3.28. The molecule has 1 aromatic carbocycles. The molecule has 0 aliphatic rings. The van der Waals surface area contributed by atoms with Gasteiger partial charge >= 0.3 is 0 Å². The Morgan fingerprint density at radius 2 is 2.00 bits per heavy atom. The van der Waals surface area contributed by atoms with Crippen LogP contribution in [0.1, 0.15) is 49.9 Å². The van der Waals surface area contributed by atoms with Crippen molar-refractivity contribution in [2.45, 2.75) is 39.3 Å². The first kappa shape index (κ1) is 17.5. The third kappa shape index (κ3) is 5.37. The van der Waals surface area contributed by atoms with Crippen LogP contribution in [0.3, 0.4) is 0 Å². The molecule has 0 radical (unpaired) electrons. The molecule has 0 aliphatic carbocycles. The van der Waals surface area contributed by atoms with Crippen molar-refractivity contribution in [2.24, 2.45) is 0 Å². The van der Waals surface area contributed by atoms with Crippen LogP contribution in [0.4, 0.5) is 5.69 Å². The van der Waals surface area contributed by atoms with Gasteiger partial charge in [-0.2, -0.15) is 0 Å². The highest BCUT2D eigenvalue weighted by Crippen LogP contribution is 2.19. The van der Waals surface area contributed by atoms with Gasteiger partial charge in [0.25, 0.3) is 0 Å². The normalized spacial score (nSPS) is 13.3. The number of benzene rings is 1. The highest BCUT2D eigenvalue weighted by atomic mass is 32.2. The average Bonchev–Trinajstić information content (AvgIpc) is 2.92. The largest absolute Gasteiger partial charge is 0.444 e. The molecule has 0 aliphatic heterocycles. The van der Waals surface area contributed by atoms with Gasteiger partial charge in [0.15, 0.2) is 0 Å². The fourth-order valence-electron chi connectivity index (χ4n) is 2.12. The fourth-order valence-corrected chi connectivity index (χ4v) is 2.67. The van der Waals surface area contributed by atoms with E-state index in [4.69, 9.17) is 4.42 Å². The zero-order chi connectivity index (χ0) is 17.0. The number of sulfonamides is 1. The summed E-state index contributed by atoms with van der Waals surface area (Å²) in [7, 11) is -3.28. The monoisotopic (exact) mass is 337 g/mol.